The second-order valence-corrected chi connectivity index (χ2v) is 14.7. The van der Waals surface area contributed by atoms with E-state index in [0.717, 1.165) is 21.9 Å². The number of nitrogens with one attached hydrogen (secondary N) is 1. The molecule has 0 aromatic heterocycles. The molecule has 4 rings (SSSR count). The molecule has 3 aromatic carbocycles. The minimum Gasteiger partial charge on any atom is -0.486 e. The summed E-state index contributed by atoms with van der Waals surface area (Å²) in [5.41, 5.74) is 1.73. The topological polar surface area (TPSA) is 105 Å². The van der Waals surface area contributed by atoms with Crippen LogP contribution in [0.25, 0.3) is 0 Å². The maximum Gasteiger partial charge on any atom is 0.243 e. The van der Waals surface area contributed by atoms with E-state index in [9.17, 15) is 18.0 Å². The second kappa shape index (κ2) is 14.5. The first-order chi connectivity index (χ1) is 20.8. The lowest BCUT2D eigenvalue weighted by Gasteiger charge is -2.34. The van der Waals surface area contributed by atoms with Crippen molar-refractivity contribution < 1.29 is 27.5 Å². The van der Waals surface area contributed by atoms with E-state index in [4.69, 9.17) is 9.47 Å². The van der Waals surface area contributed by atoms with Crippen molar-refractivity contribution in [1.82, 2.24) is 10.2 Å². The van der Waals surface area contributed by atoms with Crippen LogP contribution in [0, 0.1) is 0 Å². The molecule has 1 heterocycles. The minimum absolute atomic E-state index is 0.0428. The lowest BCUT2D eigenvalue weighted by atomic mass is 10.00. The van der Waals surface area contributed by atoms with Crippen molar-refractivity contribution >= 4 is 43.5 Å². The largest absolute Gasteiger partial charge is 0.486 e. The number of amides is 2. The zero-order valence-corrected chi connectivity index (χ0v) is 28.0. The predicted molar refractivity (Wildman–Crippen MR) is 175 cm³/mol. The number of hydrogen-bond acceptors (Lipinski definition) is 6. The lowest BCUT2D eigenvalue weighted by molar-refractivity contribution is -0.142. The highest BCUT2D eigenvalue weighted by Gasteiger charge is 2.32. The van der Waals surface area contributed by atoms with Crippen LogP contribution >= 0.6 is 15.9 Å². The van der Waals surface area contributed by atoms with Crippen LogP contribution in [-0.4, -0.2) is 62.7 Å². The second-order valence-electron chi connectivity index (χ2n) is 11.9. The molecule has 1 atom stereocenters. The number of rotatable bonds is 12. The van der Waals surface area contributed by atoms with Gasteiger partial charge in [0.2, 0.25) is 21.8 Å². The summed E-state index contributed by atoms with van der Waals surface area (Å²) in [5, 5.41) is 3.06. The highest BCUT2D eigenvalue weighted by atomic mass is 79.9. The Bertz CT molecular complexity index is 1540. The third kappa shape index (κ3) is 9.46. The standard InChI is InChI=1S/C33H40BrN3O6S/c1-33(2,3)35-32(39)28(21-24-9-6-5-7-10-24)36(23-25-12-14-26(34)15-13-25)31(38)11-8-18-37(44(4,40)41)27-16-17-29-30(22-27)43-20-19-42-29/h5-7,9-10,12-17,22,28H,8,11,18-21,23H2,1-4H3,(H,35,39). The average Bonchev–Trinajstić information content (AvgIpc) is 2.96. The molecule has 2 amide bonds. The lowest BCUT2D eigenvalue weighted by Crippen LogP contribution is -2.54. The van der Waals surface area contributed by atoms with Gasteiger partial charge in [0.25, 0.3) is 0 Å². The molecule has 44 heavy (non-hydrogen) atoms. The van der Waals surface area contributed by atoms with Crippen molar-refractivity contribution in [2.75, 3.05) is 30.3 Å². The summed E-state index contributed by atoms with van der Waals surface area (Å²) in [6.07, 6.45) is 1.76. The smallest absolute Gasteiger partial charge is 0.243 e. The number of hydrogen-bond donors (Lipinski definition) is 1. The molecule has 0 radical (unpaired) electrons. The summed E-state index contributed by atoms with van der Waals surface area (Å²) in [5.74, 6) is 0.548. The number of fused-ring (bicyclic) bond motifs is 1. The van der Waals surface area contributed by atoms with E-state index in [-0.39, 0.29) is 37.7 Å². The molecule has 1 aliphatic heterocycles. The molecule has 0 aliphatic carbocycles. The SMILES string of the molecule is CC(C)(C)NC(=O)C(Cc1ccccc1)N(Cc1ccc(Br)cc1)C(=O)CCCN(c1ccc2c(c1)OCCO2)S(C)(=O)=O. The van der Waals surface area contributed by atoms with Gasteiger partial charge in [-0.2, -0.15) is 0 Å². The number of anilines is 1. The van der Waals surface area contributed by atoms with Gasteiger partial charge < -0.3 is 19.7 Å². The molecule has 0 spiro atoms. The van der Waals surface area contributed by atoms with Gasteiger partial charge >= 0.3 is 0 Å². The number of ether oxygens (including phenoxy) is 2. The molecule has 0 fully saturated rings. The Labute approximate surface area is 268 Å². The summed E-state index contributed by atoms with van der Waals surface area (Å²) in [7, 11) is -3.66. The Morgan fingerprint density at radius 2 is 1.59 bits per heavy atom. The van der Waals surface area contributed by atoms with Gasteiger partial charge in [-0.25, -0.2) is 8.42 Å². The van der Waals surface area contributed by atoms with Gasteiger partial charge in [0.15, 0.2) is 11.5 Å². The van der Waals surface area contributed by atoms with Crippen LogP contribution in [0.3, 0.4) is 0 Å². The highest BCUT2D eigenvalue weighted by Crippen LogP contribution is 2.35. The third-order valence-electron chi connectivity index (χ3n) is 7.00. The van der Waals surface area contributed by atoms with Crippen LogP contribution in [0.15, 0.2) is 77.3 Å². The van der Waals surface area contributed by atoms with E-state index < -0.39 is 21.6 Å². The van der Waals surface area contributed by atoms with Gasteiger partial charge in [-0.3, -0.25) is 13.9 Å². The van der Waals surface area contributed by atoms with E-state index in [1.54, 1.807) is 23.1 Å². The molecule has 9 nitrogen and oxygen atoms in total. The first-order valence-electron chi connectivity index (χ1n) is 14.6. The number of halogens is 1. The average molecular weight is 687 g/mol. The summed E-state index contributed by atoms with van der Waals surface area (Å²) >= 11 is 3.46. The summed E-state index contributed by atoms with van der Waals surface area (Å²) < 4.78 is 39.0. The fourth-order valence-electron chi connectivity index (χ4n) is 4.98. The number of nitrogens with zero attached hydrogens (tertiary/aromatic N) is 2. The molecule has 1 N–H and O–H groups in total. The maximum absolute atomic E-state index is 14.0. The van der Waals surface area contributed by atoms with Crippen LogP contribution in [0.5, 0.6) is 11.5 Å². The molecular formula is C33H40BrN3O6S. The minimum atomic E-state index is -3.66. The monoisotopic (exact) mass is 685 g/mol. The van der Waals surface area contributed by atoms with Gasteiger partial charge in [0.1, 0.15) is 19.3 Å². The van der Waals surface area contributed by atoms with E-state index >= 15 is 0 Å². The van der Waals surface area contributed by atoms with E-state index in [1.165, 1.54) is 4.31 Å². The van der Waals surface area contributed by atoms with Crippen molar-refractivity contribution in [3.63, 3.8) is 0 Å². The van der Waals surface area contributed by atoms with Crippen molar-refractivity contribution in [2.45, 2.75) is 58.2 Å². The van der Waals surface area contributed by atoms with Crippen LogP contribution in [0.4, 0.5) is 5.69 Å². The number of carbonyl (C=O) groups is 2. The summed E-state index contributed by atoms with van der Waals surface area (Å²) in [4.78, 5) is 29.4. The fraction of sp³-hybridized carbons (Fsp3) is 0.394. The molecule has 0 saturated heterocycles. The Kier molecular flexibility index (Phi) is 11.0. The fourth-order valence-corrected chi connectivity index (χ4v) is 6.21. The molecule has 11 heteroatoms. The summed E-state index contributed by atoms with van der Waals surface area (Å²) in [6.45, 7) is 6.83. The quantitative estimate of drug-likeness (QED) is 0.277. The number of sulfonamides is 1. The Morgan fingerprint density at radius 3 is 2.23 bits per heavy atom. The highest BCUT2D eigenvalue weighted by molar-refractivity contribution is 9.10. The van der Waals surface area contributed by atoms with Crippen LogP contribution < -0.4 is 19.1 Å². The van der Waals surface area contributed by atoms with Crippen LogP contribution in [0.2, 0.25) is 0 Å². The Hall–Kier alpha value is -3.57. The first kappa shape index (κ1) is 33.3. The van der Waals surface area contributed by atoms with Crippen LogP contribution in [-0.2, 0) is 32.6 Å². The van der Waals surface area contributed by atoms with Crippen LogP contribution in [0.1, 0.15) is 44.7 Å². The molecule has 0 saturated carbocycles. The van der Waals surface area contributed by atoms with Crippen molar-refractivity contribution in [2.24, 2.45) is 0 Å². The molecule has 1 aliphatic rings. The number of carbonyl (C=O) groups excluding carboxylic acids is 2. The zero-order valence-electron chi connectivity index (χ0n) is 25.6. The van der Waals surface area contributed by atoms with E-state index in [1.807, 2.05) is 75.4 Å². The molecular weight excluding hydrogens is 646 g/mol. The van der Waals surface area contributed by atoms with Crippen molar-refractivity contribution in [3.8, 4) is 11.5 Å². The van der Waals surface area contributed by atoms with Crippen molar-refractivity contribution in [3.05, 3.63) is 88.4 Å². The third-order valence-corrected chi connectivity index (χ3v) is 8.72. The molecule has 3 aromatic rings. The maximum atomic E-state index is 14.0. The van der Waals surface area contributed by atoms with E-state index in [0.29, 0.717) is 36.8 Å². The Morgan fingerprint density at radius 1 is 0.932 bits per heavy atom. The predicted octanol–water partition coefficient (Wildman–Crippen LogP) is 5.32. The first-order valence-corrected chi connectivity index (χ1v) is 17.2. The summed E-state index contributed by atoms with van der Waals surface area (Å²) in [6, 6.07) is 21.5. The van der Waals surface area contributed by atoms with Gasteiger partial charge in [-0.1, -0.05) is 58.4 Å². The normalized spacial score (nSPS) is 13.6. The number of benzene rings is 3. The van der Waals surface area contributed by atoms with Gasteiger partial charge in [-0.15, -0.1) is 0 Å². The zero-order chi connectivity index (χ0) is 31.9. The van der Waals surface area contributed by atoms with E-state index in [2.05, 4.69) is 21.2 Å². The van der Waals surface area contributed by atoms with Gasteiger partial charge in [-0.05, 0) is 62.6 Å². The molecule has 1 unspecified atom stereocenters. The van der Waals surface area contributed by atoms with Gasteiger partial charge in [0, 0.05) is 42.0 Å². The Balaban J connectivity index is 1.58. The molecule has 236 valence electrons. The van der Waals surface area contributed by atoms with Crippen molar-refractivity contribution in [1.29, 1.82) is 0 Å². The molecule has 0 bridgehead atoms. The van der Waals surface area contributed by atoms with Gasteiger partial charge in [0.05, 0.1) is 11.9 Å².